The van der Waals surface area contributed by atoms with E-state index in [0.717, 1.165) is 38.0 Å². The Morgan fingerprint density at radius 1 is 1.53 bits per heavy atom. The molecule has 1 heterocycles. The van der Waals surface area contributed by atoms with Crippen LogP contribution in [0.1, 0.15) is 39.5 Å². The second kappa shape index (κ2) is 5.85. The third-order valence-electron chi connectivity index (χ3n) is 4.52. The number of ether oxygens (including phenoxy) is 1. The number of alkyl halides is 1. The molecule has 2 N–H and O–H groups in total. The zero-order valence-electron chi connectivity index (χ0n) is 11.6. The summed E-state index contributed by atoms with van der Waals surface area (Å²) >= 11 is 2.20. The van der Waals surface area contributed by atoms with E-state index in [1.165, 1.54) is 5.57 Å². The summed E-state index contributed by atoms with van der Waals surface area (Å²) in [6.07, 6.45) is 8.61. The summed E-state index contributed by atoms with van der Waals surface area (Å²) in [4.78, 5) is 11.3. The highest BCUT2D eigenvalue weighted by Crippen LogP contribution is 2.50. The van der Waals surface area contributed by atoms with E-state index in [1.54, 1.807) is 0 Å². The van der Waals surface area contributed by atoms with Crippen molar-refractivity contribution in [3.05, 3.63) is 23.5 Å². The van der Waals surface area contributed by atoms with Crippen LogP contribution in [-0.4, -0.2) is 16.4 Å². The Labute approximate surface area is 128 Å². The second-order valence-electron chi connectivity index (χ2n) is 5.68. The number of carbonyl (C=O) groups is 1. The average Bonchev–Trinajstić information content (AvgIpc) is 2.69. The molecule has 1 aliphatic carbocycles. The molecule has 3 nitrogen and oxygen atoms in total. The molecule has 19 heavy (non-hydrogen) atoms. The number of hydrogen-bond acceptors (Lipinski definition) is 2. The molecule has 0 saturated heterocycles. The third kappa shape index (κ3) is 2.83. The molecule has 1 atom stereocenters. The lowest BCUT2D eigenvalue weighted by Crippen LogP contribution is -2.37. The number of carbonyl (C=O) groups excluding carboxylic acids is 1. The lowest BCUT2D eigenvalue weighted by Gasteiger charge is -2.38. The zero-order chi connectivity index (χ0) is 14.0. The predicted octanol–water partition coefficient (Wildman–Crippen LogP) is 3.33. The highest BCUT2D eigenvalue weighted by molar-refractivity contribution is 14.1. The largest absolute Gasteiger partial charge is 0.497 e. The van der Waals surface area contributed by atoms with Gasteiger partial charge in [-0.1, -0.05) is 34.7 Å². The van der Waals surface area contributed by atoms with Crippen LogP contribution in [0, 0.1) is 11.3 Å². The minimum atomic E-state index is -0.176. The summed E-state index contributed by atoms with van der Waals surface area (Å²) < 4.78 is 5.75. The molecule has 2 aliphatic rings. The molecule has 1 amide bonds. The lowest BCUT2D eigenvalue weighted by molar-refractivity contribution is -0.118. The number of amides is 1. The van der Waals surface area contributed by atoms with Gasteiger partial charge in [0.1, 0.15) is 0 Å². The van der Waals surface area contributed by atoms with Gasteiger partial charge in [-0.15, -0.1) is 0 Å². The quantitative estimate of drug-likeness (QED) is 0.608. The van der Waals surface area contributed by atoms with Gasteiger partial charge < -0.3 is 10.5 Å². The van der Waals surface area contributed by atoms with E-state index in [1.807, 2.05) is 6.92 Å². The molecule has 1 spiro atoms. The van der Waals surface area contributed by atoms with Crippen molar-refractivity contribution in [2.24, 2.45) is 17.1 Å². The Morgan fingerprint density at radius 2 is 2.16 bits per heavy atom. The van der Waals surface area contributed by atoms with Gasteiger partial charge in [-0.2, -0.15) is 0 Å². The number of hydrogen-bond donors (Lipinski definition) is 1. The van der Waals surface area contributed by atoms with Gasteiger partial charge in [-0.3, -0.25) is 4.79 Å². The first-order chi connectivity index (χ1) is 9.00. The average molecular weight is 375 g/mol. The molecule has 1 fully saturated rings. The van der Waals surface area contributed by atoms with Gasteiger partial charge in [-0.25, -0.2) is 0 Å². The van der Waals surface area contributed by atoms with Crippen LogP contribution < -0.4 is 5.73 Å². The zero-order valence-corrected chi connectivity index (χ0v) is 13.8. The minimum absolute atomic E-state index is 0.0347. The smallest absolute Gasteiger partial charge is 0.230 e. The van der Waals surface area contributed by atoms with Gasteiger partial charge in [-0.05, 0) is 51.0 Å². The van der Waals surface area contributed by atoms with Crippen LogP contribution >= 0.6 is 22.6 Å². The summed E-state index contributed by atoms with van der Waals surface area (Å²) in [6, 6.07) is 0. The van der Waals surface area contributed by atoms with Gasteiger partial charge in [0.15, 0.2) is 0 Å². The maximum Gasteiger partial charge on any atom is 0.230 e. The molecule has 106 valence electrons. The monoisotopic (exact) mass is 375 g/mol. The first kappa shape index (κ1) is 14.9. The van der Waals surface area contributed by atoms with Crippen molar-refractivity contribution in [2.45, 2.75) is 43.5 Å². The highest BCUT2D eigenvalue weighted by atomic mass is 127. The number of halogens is 1. The van der Waals surface area contributed by atoms with E-state index in [4.69, 9.17) is 10.5 Å². The van der Waals surface area contributed by atoms with Crippen LogP contribution in [0.3, 0.4) is 0 Å². The van der Waals surface area contributed by atoms with Crippen LogP contribution in [0.25, 0.3) is 0 Å². The molecule has 0 aromatic carbocycles. The van der Waals surface area contributed by atoms with E-state index in [9.17, 15) is 4.79 Å². The number of allylic oxidation sites excluding steroid dienone is 3. The van der Waals surface area contributed by atoms with E-state index in [-0.39, 0.29) is 15.2 Å². The Kier molecular flexibility index (Phi) is 4.58. The van der Waals surface area contributed by atoms with Crippen LogP contribution in [0.5, 0.6) is 0 Å². The summed E-state index contributed by atoms with van der Waals surface area (Å²) in [5, 5.41) is 0. The Morgan fingerprint density at radius 3 is 2.68 bits per heavy atom. The Hall–Kier alpha value is -0.520. The topological polar surface area (TPSA) is 52.3 Å². The Balaban J connectivity index is 2.09. The molecular formula is C15H22INO2. The Bertz CT molecular complexity index is 420. The molecule has 4 heteroatoms. The highest BCUT2D eigenvalue weighted by Gasteiger charge is 2.44. The minimum Gasteiger partial charge on any atom is -0.497 e. The van der Waals surface area contributed by atoms with Crippen LogP contribution in [0.4, 0.5) is 0 Å². The normalized spacial score (nSPS) is 32.9. The van der Waals surface area contributed by atoms with E-state index < -0.39 is 0 Å². The third-order valence-corrected chi connectivity index (χ3v) is 6.15. The summed E-state index contributed by atoms with van der Waals surface area (Å²) in [6.45, 7) is 4.90. The standard InChI is InChI=1S/C15H22INO2/c1-3-4-12-10(2)19-9-15(12)7-5-11(6-8-15)13(16)14(17)18/h3-4,11,13H,5-9H2,1-2H3,(H2,17,18)/b4-3-. The van der Waals surface area contributed by atoms with Crippen LogP contribution in [0.15, 0.2) is 23.5 Å². The lowest BCUT2D eigenvalue weighted by atomic mass is 9.66. The SMILES string of the molecule is C/C=C\C1=C(C)OCC12CCC(C(I)C(N)=O)CC2. The second-order valence-corrected chi connectivity index (χ2v) is 7.02. The van der Waals surface area contributed by atoms with Crippen molar-refractivity contribution < 1.29 is 9.53 Å². The summed E-state index contributed by atoms with van der Waals surface area (Å²) in [5.41, 5.74) is 6.96. The summed E-state index contributed by atoms with van der Waals surface area (Å²) in [5.74, 6) is 1.32. The molecule has 0 radical (unpaired) electrons. The fourth-order valence-corrected chi connectivity index (χ4v) is 4.09. The van der Waals surface area contributed by atoms with Gasteiger partial charge in [0.05, 0.1) is 16.3 Å². The van der Waals surface area contributed by atoms with Crippen LogP contribution in [-0.2, 0) is 9.53 Å². The van der Waals surface area contributed by atoms with E-state index in [2.05, 4.69) is 41.7 Å². The molecule has 1 aliphatic heterocycles. The number of rotatable bonds is 3. The van der Waals surface area contributed by atoms with Crippen molar-refractivity contribution in [1.82, 2.24) is 0 Å². The fraction of sp³-hybridized carbons (Fsp3) is 0.667. The molecule has 0 aromatic heterocycles. The number of nitrogens with two attached hydrogens (primary N) is 1. The molecular weight excluding hydrogens is 353 g/mol. The van der Waals surface area contributed by atoms with Gasteiger partial charge in [0, 0.05) is 5.41 Å². The van der Waals surface area contributed by atoms with Crippen molar-refractivity contribution in [3.8, 4) is 0 Å². The molecule has 1 saturated carbocycles. The molecule has 1 unspecified atom stereocenters. The van der Waals surface area contributed by atoms with Crippen molar-refractivity contribution in [2.75, 3.05) is 6.61 Å². The maximum absolute atomic E-state index is 11.3. The van der Waals surface area contributed by atoms with Gasteiger partial charge in [0.25, 0.3) is 0 Å². The van der Waals surface area contributed by atoms with Crippen molar-refractivity contribution in [3.63, 3.8) is 0 Å². The number of primary amides is 1. The van der Waals surface area contributed by atoms with Crippen LogP contribution in [0.2, 0.25) is 0 Å². The molecule has 0 aromatic rings. The maximum atomic E-state index is 11.3. The van der Waals surface area contributed by atoms with Gasteiger partial charge >= 0.3 is 0 Å². The first-order valence-corrected chi connectivity index (χ1v) is 8.15. The van der Waals surface area contributed by atoms with Crippen molar-refractivity contribution >= 4 is 28.5 Å². The van der Waals surface area contributed by atoms with E-state index >= 15 is 0 Å². The first-order valence-electron chi connectivity index (χ1n) is 6.90. The molecule has 2 rings (SSSR count). The molecule has 0 bridgehead atoms. The van der Waals surface area contributed by atoms with Crippen molar-refractivity contribution in [1.29, 1.82) is 0 Å². The fourth-order valence-electron chi connectivity index (χ4n) is 3.37. The van der Waals surface area contributed by atoms with Gasteiger partial charge in [0.2, 0.25) is 5.91 Å². The van der Waals surface area contributed by atoms with E-state index in [0.29, 0.717) is 5.92 Å². The summed E-state index contributed by atoms with van der Waals surface area (Å²) in [7, 11) is 0. The predicted molar refractivity (Wildman–Crippen MR) is 84.9 cm³/mol.